The lowest BCUT2D eigenvalue weighted by molar-refractivity contribution is -0.131. The Morgan fingerprint density at radius 3 is 2.71 bits per heavy atom. The first kappa shape index (κ1) is 12.2. The zero-order valence-electron chi connectivity index (χ0n) is 9.06. The van der Waals surface area contributed by atoms with E-state index in [2.05, 4.69) is 19.6 Å². The molecule has 14 heavy (non-hydrogen) atoms. The molecule has 0 aromatic heterocycles. The molecular weight excluding hydrogens is 214 g/mol. The van der Waals surface area contributed by atoms with Gasteiger partial charge in [0, 0.05) is 24.1 Å². The predicted octanol–water partition coefficient (Wildman–Crippen LogP) is 1.90. The van der Waals surface area contributed by atoms with Gasteiger partial charge in [-0.05, 0) is 5.92 Å². The fourth-order valence-corrected chi connectivity index (χ4v) is 2.67. The minimum Gasteiger partial charge on any atom is -0.340 e. The number of amides is 1. The Morgan fingerprint density at radius 1 is 1.57 bits per heavy atom. The first-order valence-electron chi connectivity index (χ1n) is 5.11. The molecule has 0 bridgehead atoms. The molecule has 0 N–H and O–H groups in total. The molecule has 1 heterocycles. The SMILES string of the molecule is CC1CN(C(=O)C(S)C(C)C)CCS1. The van der Waals surface area contributed by atoms with E-state index in [1.165, 1.54) is 0 Å². The lowest BCUT2D eigenvalue weighted by atomic mass is 10.1. The van der Waals surface area contributed by atoms with Crippen LogP contribution >= 0.6 is 24.4 Å². The molecule has 1 fully saturated rings. The van der Waals surface area contributed by atoms with Crippen LogP contribution in [0.25, 0.3) is 0 Å². The molecule has 1 amide bonds. The highest BCUT2D eigenvalue weighted by Crippen LogP contribution is 2.20. The second-order valence-electron chi connectivity index (χ2n) is 4.15. The quantitative estimate of drug-likeness (QED) is 0.735. The topological polar surface area (TPSA) is 20.3 Å². The van der Waals surface area contributed by atoms with Crippen molar-refractivity contribution in [3.05, 3.63) is 0 Å². The van der Waals surface area contributed by atoms with Gasteiger partial charge in [-0.1, -0.05) is 20.8 Å². The van der Waals surface area contributed by atoms with Gasteiger partial charge in [0.15, 0.2) is 0 Å². The number of rotatable bonds is 2. The summed E-state index contributed by atoms with van der Waals surface area (Å²) in [5, 5.41) is 0.436. The molecule has 0 radical (unpaired) electrons. The number of hydrogen-bond donors (Lipinski definition) is 1. The summed E-state index contributed by atoms with van der Waals surface area (Å²) in [6.07, 6.45) is 0. The fraction of sp³-hybridized carbons (Fsp3) is 0.900. The molecule has 0 aromatic carbocycles. The van der Waals surface area contributed by atoms with Crippen LogP contribution in [0.1, 0.15) is 20.8 Å². The summed E-state index contributed by atoms with van der Waals surface area (Å²) in [5.74, 6) is 1.58. The molecule has 82 valence electrons. The first-order chi connectivity index (χ1) is 6.52. The van der Waals surface area contributed by atoms with E-state index in [4.69, 9.17) is 0 Å². The number of thiol groups is 1. The van der Waals surface area contributed by atoms with Crippen LogP contribution in [0, 0.1) is 5.92 Å². The molecule has 0 aromatic rings. The summed E-state index contributed by atoms with van der Waals surface area (Å²) in [7, 11) is 0. The Balaban J connectivity index is 2.51. The van der Waals surface area contributed by atoms with Crippen LogP contribution in [0.3, 0.4) is 0 Å². The zero-order chi connectivity index (χ0) is 10.7. The van der Waals surface area contributed by atoms with Gasteiger partial charge < -0.3 is 4.90 Å². The molecule has 2 nitrogen and oxygen atoms in total. The van der Waals surface area contributed by atoms with E-state index in [0.29, 0.717) is 11.2 Å². The summed E-state index contributed by atoms with van der Waals surface area (Å²) in [6.45, 7) is 8.02. The van der Waals surface area contributed by atoms with Gasteiger partial charge in [0.1, 0.15) is 0 Å². The van der Waals surface area contributed by atoms with Crippen LogP contribution in [-0.4, -0.2) is 40.1 Å². The Hall–Kier alpha value is 0.170. The molecular formula is C10H19NOS2. The van der Waals surface area contributed by atoms with E-state index in [-0.39, 0.29) is 11.2 Å². The molecule has 2 atom stereocenters. The van der Waals surface area contributed by atoms with Gasteiger partial charge in [-0.25, -0.2) is 0 Å². The van der Waals surface area contributed by atoms with Crippen LogP contribution in [-0.2, 0) is 4.79 Å². The van der Waals surface area contributed by atoms with Gasteiger partial charge in [0.05, 0.1) is 5.25 Å². The summed E-state index contributed by atoms with van der Waals surface area (Å²) in [5.41, 5.74) is 0. The highest BCUT2D eigenvalue weighted by molar-refractivity contribution is 8.00. The Bertz CT molecular complexity index is 208. The van der Waals surface area contributed by atoms with Gasteiger partial charge in [-0.15, -0.1) is 0 Å². The van der Waals surface area contributed by atoms with Crippen LogP contribution in [0.15, 0.2) is 0 Å². The molecule has 1 rings (SSSR count). The van der Waals surface area contributed by atoms with Gasteiger partial charge in [-0.3, -0.25) is 4.79 Å². The summed E-state index contributed by atoms with van der Waals surface area (Å²) < 4.78 is 0. The van der Waals surface area contributed by atoms with Crippen LogP contribution in [0.4, 0.5) is 0 Å². The molecule has 1 aliphatic heterocycles. The lowest BCUT2D eigenvalue weighted by Crippen LogP contribution is -2.45. The monoisotopic (exact) mass is 233 g/mol. The molecule has 4 heteroatoms. The molecule has 2 unspecified atom stereocenters. The molecule has 0 saturated carbocycles. The van der Waals surface area contributed by atoms with Crippen molar-refractivity contribution < 1.29 is 4.79 Å². The number of hydrogen-bond acceptors (Lipinski definition) is 3. The smallest absolute Gasteiger partial charge is 0.235 e. The standard InChI is InChI=1S/C10H19NOS2/c1-7(2)9(13)10(12)11-4-5-14-8(3)6-11/h7-9,13H,4-6H2,1-3H3. The van der Waals surface area contributed by atoms with Crippen molar-refractivity contribution in [1.29, 1.82) is 0 Å². The Labute approximate surface area is 96.2 Å². The van der Waals surface area contributed by atoms with E-state index in [0.717, 1.165) is 18.8 Å². The second kappa shape index (κ2) is 5.31. The maximum Gasteiger partial charge on any atom is 0.235 e. The third-order valence-electron chi connectivity index (χ3n) is 2.44. The van der Waals surface area contributed by atoms with Crippen molar-refractivity contribution in [2.45, 2.75) is 31.3 Å². The Kier molecular flexibility index (Phi) is 4.64. The van der Waals surface area contributed by atoms with E-state index in [1.54, 1.807) is 0 Å². The zero-order valence-corrected chi connectivity index (χ0v) is 10.8. The highest BCUT2D eigenvalue weighted by atomic mass is 32.2. The van der Waals surface area contributed by atoms with E-state index < -0.39 is 0 Å². The number of carbonyl (C=O) groups is 1. The van der Waals surface area contributed by atoms with Gasteiger partial charge in [0.2, 0.25) is 5.91 Å². The second-order valence-corrected chi connectivity index (χ2v) is 6.26. The lowest BCUT2D eigenvalue weighted by Gasteiger charge is -2.33. The van der Waals surface area contributed by atoms with E-state index >= 15 is 0 Å². The average molecular weight is 233 g/mol. The van der Waals surface area contributed by atoms with Crippen molar-refractivity contribution in [1.82, 2.24) is 4.90 Å². The number of carbonyl (C=O) groups excluding carboxylic acids is 1. The van der Waals surface area contributed by atoms with E-state index in [1.807, 2.05) is 30.5 Å². The first-order valence-corrected chi connectivity index (χ1v) is 6.67. The normalized spacial score (nSPS) is 25.2. The third-order valence-corrected chi connectivity index (χ3v) is 4.39. The summed E-state index contributed by atoms with van der Waals surface area (Å²) in [4.78, 5) is 13.9. The summed E-state index contributed by atoms with van der Waals surface area (Å²) in [6, 6.07) is 0. The Morgan fingerprint density at radius 2 is 2.21 bits per heavy atom. The van der Waals surface area contributed by atoms with Crippen LogP contribution < -0.4 is 0 Å². The largest absolute Gasteiger partial charge is 0.340 e. The fourth-order valence-electron chi connectivity index (χ4n) is 1.49. The minimum absolute atomic E-state index is 0.134. The predicted molar refractivity (Wildman–Crippen MR) is 66.1 cm³/mol. The number of thioether (sulfide) groups is 1. The number of nitrogens with zero attached hydrogens (tertiary/aromatic N) is 1. The van der Waals surface area contributed by atoms with Gasteiger partial charge >= 0.3 is 0 Å². The van der Waals surface area contributed by atoms with Crippen molar-refractivity contribution in [3.63, 3.8) is 0 Å². The third kappa shape index (κ3) is 3.09. The van der Waals surface area contributed by atoms with Gasteiger partial charge in [-0.2, -0.15) is 24.4 Å². The molecule has 1 saturated heterocycles. The summed E-state index contributed by atoms with van der Waals surface area (Å²) >= 11 is 6.30. The van der Waals surface area contributed by atoms with Gasteiger partial charge in [0.25, 0.3) is 0 Å². The van der Waals surface area contributed by atoms with Crippen LogP contribution in [0.2, 0.25) is 0 Å². The van der Waals surface area contributed by atoms with Crippen molar-refractivity contribution in [2.75, 3.05) is 18.8 Å². The molecule has 0 spiro atoms. The maximum absolute atomic E-state index is 11.9. The van der Waals surface area contributed by atoms with E-state index in [9.17, 15) is 4.79 Å². The average Bonchev–Trinajstić information content (AvgIpc) is 2.15. The van der Waals surface area contributed by atoms with Crippen LogP contribution in [0.5, 0.6) is 0 Å². The maximum atomic E-state index is 11.9. The molecule has 1 aliphatic rings. The highest BCUT2D eigenvalue weighted by Gasteiger charge is 2.27. The minimum atomic E-state index is -0.134. The van der Waals surface area contributed by atoms with Crippen molar-refractivity contribution in [3.8, 4) is 0 Å². The van der Waals surface area contributed by atoms with Crippen molar-refractivity contribution in [2.24, 2.45) is 5.92 Å². The van der Waals surface area contributed by atoms with Crippen molar-refractivity contribution >= 4 is 30.3 Å². The molecule has 0 aliphatic carbocycles.